The SMILES string of the molecule is C=Cc1c(C)c(C(=O)Cc2ccc(Oc3ccnc4cc(OCCOC)c(OC)nc34)c(F)c2)c(=O)n(-c2ccc(F)cc2)c1C. The zero-order valence-electron chi connectivity index (χ0n) is 25.7. The number of hydrogen-bond acceptors (Lipinski definition) is 8. The molecule has 0 aliphatic carbocycles. The Hall–Kier alpha value is -5.42. The lowest BCUT2D eigenvalue weighted by molar-refractivity contribution is 0.0990. The number of rotatable bonds is 12. The van der Waals surface area contributed by atoms with Gasteiger partial charge in [0.05, 0.1) is 24.8 Å². The molecule has 0 aliphatic heterocycles. The lowest BCUT2D eigenvalue weighted by atomic mass is 9.95. The summed E-state index contributed by atoms with van der Waals surface area (Å²) in [6.45, 7) is 7.88. The number of nitrogens with zero attached hydrogens (tertiary/aromatic N) is 3. The molecule has 5 rings (SSSR count). The third kappa shape index (κ3) is 6.36. The van der Waals surface area contributed by atoms with Crippen molar-refractivity contribution in [3.8, 4) is 28.8 Å². The van der Waals surface area contributed by atoms with Crippen LogP contribution in [0.2, 0.25) is 0 Å². The monoisotopic (exact) mass is 627 g/mol. The first-order valence-electron chi connectivity index (χ1n) is 14.3. The maximum Gasteiger partial charge on any atom is 0.266 e. The van der Waals surface area contributed by atoms with Gasteiger partial charge in [0.15, 0.2) is 28.8 Å². The fourth-order valence-electron chi connectivity index (χ4n) is 5.19. The predicted octanol–water partition coefficient (Wildman–Crippen LogP) is 6.57. The summed E-state index contributed by atoms with van der Waals surface area (Å²) in [6.07, 6.45) is 2.81. The van der Waals surface area contributed by atoms with Crippen LogP contribution in [0.25, 0.3) is 22.8 Å². The number of aromatic nitrogens is 3. The molecule has 0 unspecified atom stereocenters. The molecule has 0 saturated carbocycles. The molecule has 9 nitrogen and oxygen atoms in total. The van der Waals surface area contributed by atoms with Gasteiger partial charge < -0.3 is 18.9 Å². The zero-order valence-corrected chi connectivity index (χ0v) is 25.7. The second kappa shape index (κ2) is 13.7. The molecule has 5 aromatic rings. The van der Waals surface area contributed by atoms with E-state index in [2.05, 4.69) is 16.5 Å². The lowest BCUT2D eigenvalue weighted by Crippen LogP contribution is -2.30. The van der Waals surface area contributed by atoms with Gasteiger partial charge in [-0.25, -0.2) is 13.8 Å². The standard InChI is InChI=1S/C35H31F2N3O6/c1-6-25-20(2)32(35(42)40(21(25)3)24-10-8-23(36)9-11-24)28(41)18-22-7-12-29(26(37)17-22)46-30-13-14-38-27-19-31(45-16-15-43-4)34(44-5)39-33(27)30/h6-14,17,19H,1,15-16,18H2,2-5H3. The van der Waals surface area contributed by atoms with Crippen molar-refractivity contribution in [1.82, 2.24) is 14.5 Å². The van der Waals surface area contributed by atoms with Gasteiger partial charge in [0, 0.05) is 43.2 Å². The number of halogens is 2. The van der Waals surface area contributed by atoms with Crippen LogP contribution in [0.4, 0.5) is 8.78 Å². The fourth-order valence-corrected chi connectivity index (χ4v) is 5.19. The number of benzene rings is 2. The highest BCUT2D eigenvalue weighted by Crippen LogP contribution is 2.35. The van der Waals surface area contributed by atoms with Crippen molar-refractivity contribution in [1.29, 1.82) is 0 Å². The molecule has 0 radical (unpaired) electrons. The quantitative estimate of drug-likeness (QED) is 0.113. The largest absolute Gasteiger partial charge is 0.485 e. The molecule has 0 spiro atoms. The molecule has 2 aromatic carbocycles. The van der Waals surface area contributed by atoms with Crippen molar-refractivity contribution in [3.05, 3.63) is 117 Å². The van der Waals surface area contributed by atoms with Gasteiger partial charge in [0.1, 0.15) is 17.9 Å². The Kier molecular flexibility index (Phi) is 9.53. The fraction of sp³-hybridized carbons (Fsp3) is 0.200. The molecule has 0 N–H and O–H groups in total. The predicted molar refractivity (Wildman–Crippen MR) is 170 cm³/mol. The highest BCUT2D eigenvalue weighted by molar-refractivity contribution is 5.99. The second-order valence-electron chi connectivity index (χ2n) is 10.3. The number of carbonyl (C=O) groups is 1. The van der Waals surface area contributed by atoms with Crippen LogP contribution in [0, 0.1) is 25.5 Å². The molecule has 11 heteroatoms. The van der Waals surface area contributed by atoms with Gasteiger partial charge in [0.25, 0.3) is 11.4 Å². The van der Waals surface area contributed by atoms with E-state index >= 15 is 4.39 Å². The van der Waals surface area contributed by atoms with E-state index in [4.69, 9.17) is 18.9 Å². The minimum absolute atomic E-state index is 0.0561. The van der Waals surface area contributed by atoms with Crippen LogP contribution >= 0.6 is 0 Å². The summed E-state index contributed by atoms with van der Waals surface area (Å²) in [7, 11) is 3.01. The van der Waals surface area contributed by atoms with Gasteiger partial charge in [-0.05, 0) is 66.9 Å². The van der Waals surface area contributed by atoms with Crippen LogP contribution < -0.4 is 19.8 Å². The van der Waals surface area contributed by atoms with E-state index in [0.29, 0.717) is 51.5 Å². The Morgan fingerprint density at radius 3 is 2.41 bits per heavy atom. The van der Waals surface area contributed by atoms with Crippen molar-refractivity contribution in [2.45, 2.75) is 20.3 Å². The number of carbonyl (C=O) groups excluding carboxylic acids is 1. The Labute approximate surface area is 263 Å². The molecule has 0 fully saturated rings. The Balaban J connectivity index is 1.43. The number of Topliss-reactive ketones (excluding diaryl/α,β-unsaturated/α-hetero) is 1. The minimum atomic E-state index is -0.724. The third-order valence-corrected chi connectivity index (χ3v) is 7.42. The van der Waals surface area contributed by atoms with Crippen molar-refractivity contribution in [2.24, 2.45) is 0 Å². The van der Waals surface area contributed by atoms with Gasteiger partial charge >= 0.3 is 0 Å². The molecule has 46 heavy (non-hydrogen) atoms. The maximum absolute atomic E-state index is 15.4. The molecular formula is C35H31F2N3O6. The van der Waals surface area contributed by atoms with E-state index in [1.54, 1.807) is 45.2 Å². The minimum Gasteiger partial charge on any atom is -0.485 e. The lowest BCUT2D eigenvalue weighted by Gasteiger charge is -2.18. The zero-order chi connectivity index (χ0) is 33.0. The number of hydrogen-bond donors (Lipinski definition) is 0. The molecule has 0 bridgehead atoms. The summed E-state index contributed by atoms with van der Waals surface area (Å²) in [5.74, 6) is -1.01. The Morgan fingerprint density at radius 1 is 0.978 bits per heavy atom. The summed E-state index contributed by atoms with van der Waals surface area (Å²) in [5, 5.41) is 0. The smallest absolute Gasteiger partial charge is 0.266 e. The van der Waals surface area contributed by atoms with Gasteiger partial charge in [-0.3, -0.25) is 19.1 Å². The highest BCUT2D eigenvalue weighted by atomic mass is 19.1. The molecule has 236 valence electrons. The first kappa shape index (κ1) is 32.0. The molecule has 0 amide bonds. The molecule has 0 atom stereocenters. The molecule has 0 aliphatic rings. The molecule has 3 aromatic heterocycles. The average molecular weight is 628 g/mol. The van der Waals surface area contributed by atoms with Gasteiger partial charge in [-0.1, -0.05) is 18.7 Å². The number of ketones is 1. The van der Waals surface area contributed by atoms with Crippen LogP contribution in [0.3, 0.4) is 0 Å². The Bertz CT molecular complexity index is 2010. The number of methoxy groups -OCH3 is 2. The van der Waals surface area contributed by atoms with Crippen LogP contribution in [-0.2, 0) is 11.2 Å². The van der Waals surface area contributed by atoms with E-state index in [1.807, 2.05) is 0 Å². The Morgan fingerprint density at radius 2 is 1.74 bits per heavy atom. The summed E-state index contributed by atoms with van der Waals surface area (Å²) < 4.78 is 52.3. The second-order valence-corrected chi connectivity index (χ2v) is 10.3. The summed E-state index contributed by atoms with van der Waals surface area (Å²) in [4.78, 5) is 36.0. The molecule has 0 saturated heterocycles. The first-order chi connectivity index (χ1) is 22.2. The first-order valence-corrected chi connectivity index (χ1v) is 14.3. The summed E-state index contributed by atoms with van der Waals surface area (Å²) in [6, 6.07) is 12.7. The molecular weight excluding hydrogens is 596 g/mol. The van der Waals surface area contributed by atoms with E-state index in [1.165, 1.54) is 54.3 Å². The number of fused-ring (bicyclic) bond motifs is 1. The maximum atomic E-state index is 15.4. The van der Waals surface area contributed by atoms with Crippen molar-refractivity contribution in [2.75, 3.05) is 27.4 Å². The molecule has 3 heterocycles. The van der Waals surface area contributed by atoms with E-state index in [9.17, 15) is 14.0 Å². The van der Waals surface area contributed by atoms with Gasteiger partial charge in [0.2, 0.25) is 0 Å². The summed E-state index contributed by atoms with van der Waals surface area (Å²) >= 11 is 0. The number of pyridine rings is 3. The van der Waals surface area contributed by atoms with Gasteiger partial charge in [-0.2, -0.15) is 0 Å². The van der Waals surface area contributed by atoms with Crippen LogP contribution in [0.15, 0.2) is 72.2 Å². The highest BCUT2D eigenvalue weighted by Gasteiger charge is 2.23. The van der Waals surface area contributed by atoms with Crippen LogP contribution in [-0.4, -0.2) is 47.8 Å². The topological polar surface area (TPSA) is 102 Å². The van der Waals surface area contributed by atoms with E-state index < -0.39 is 23.0 Å². The third-order valence-electron chi connectivity index (χ3n) is 7.42. The number of ether oxygens (including phenoxy) is 4. The summed E-state index contributed by atoms with van der Waals surface area (Å²) in [5.41, 5.74) is 2.50. The van der Waals surface area contributed by atoms with E-state index in [-0.39, 0.29) is 36.0 Å². The van der Waals surface area contributed by atoms with Crippen LogP contribution in [0.1, 0.15) is 32.7 Å². The average Bonchev–Trinajstić information content (AvgIpc) is 3.03. The van der Waals surface area contributed by atoms with Crippen molar-refractivity contribution in [3.63, 3.8) is 0 Å². The van der Waals surface area contributed by atoms with Crippen molar-refractivity contribution < 1.29 is 32.5 Å². The van der Waals surface area contributed by atoms with Gasteiger partial charge in [-0.15, -0.1) is 0 Å². The normalized spacial score (nSPS) is 11.0. The van der Waals surface area contributed by atoms with Crippen molar-refractivity contribution >= 4 is 22.9 Å². The van der Waals surface area contributed by atoms with Crippen LogP contribution in [0.5, 0.6) is 23.1 Å². The van der Waals surface area contributed by atoms with E-state index in [0.717, 1.165) is 0 Å².